The third kappa shape index (κ3) is 4.49. The van der Waals surface area contributed by atoms with Crippen molar-refractivity contribution in [1.82, 2.24) is 10.2 Å². The van der Waals surface area contributed by atoms with Gasteiger partial charge in [0, 0.05) is 5.75 Å². The predicted octanol–water partition coefficient (Wildman–Crippen LogP) is 5.95. The molecule has 0 fully saturated rings. The van der Waals surface area contributed by atoms with E-state index >= 15 is 0 Å². The van der Waals surface area contributed by atoms with Crippen LogP contribution in [-0.2, 0) is 10.5 Å². The first-order valence-electron chi connectivity index (χ1n) is 10.2. The Balaban J connectivity index is 1.49. The number of thiophene rings is 1. The fourth-order valence-corrected chi connectivity index (χ4v) is 6.18. The van der Waals surface area contributed by atoms with Gasteiger partial charge in [-0.05, 0) is 40.8 Å². The molecule has 1 atom stereocenters. The first-order chi connectivity index (χ1) is 16.9. The monoisotopic (exact) mass is 527 g/mol. The first-order valence-corrected chi connectivity index (χ1v) is 12.9. The van der Waals surface area contributed by atoms with E-state index in [1.165, 1.54) is 58.3 Å². The van der Waals surface area contributed by atoms with Crippen molar-refractivity contribution < 1.29 is 23.5 Å². The number of carbonyl (C=O) groups excluding carboxylic acids is 2. The molecule has 0 spiro atoms. The number of nitrogens with zero attached hydrogens (tertiary/aromatic N) is 3. The largest absolute Gasteiger partial charge is 0.503 e. The van der Waals surface area contributed by atoms with E-state index in [2.05, 4.69) is 10.2 Å². The van der Waals surface area contributed by atoms with Gasteiger partial charge in [-0.3, -0.25) is 14.5 Å². The number of thioether (sulfide) groups is 1. The van der Waals surface area contributed by atoms with Crippen LogP contribution in [0.1, 0.15) is 26.8 Å². The van der Waals surface area contributed by atoms with E-state index in [1.807, 2.05) is 0 Å². The van der Waals surface area contributed by atoms with E-state index in [1.54, 1.807) is 35.7 Å². The second kappa shape index (κ2) is 9.68. The minimum Gasteiger partial charge on any atom is -0.503 e. The number of aliphatic hydroxyl groups excluding tert-OH is 1. The van der Waals surface area contributed by atoms with Crippen molar-refractivity contribution in [3.05, 3.63) is 105 Å². The summed E-state index contributed by atoms with van der Waals surface area (Å²) in [4.78, 5) is 27.9. The van der Waals surface area contributed by atoms with Gasteiger partial charge in [0.05, 0.1) is 16.5 Å². The number of carbonyl (C=O) groups is 2. The van der Waals surface area contributed by atoms with E-state index < -0.39 is 29.3 Å². The van der Waals surface area contributed by atoms with Gasteiger partial charge in [0.15, 0.2) is 10.1 Å². The summed E-state index contributed by atoms with van der Waals surface area (Å²) >= 11 is 3.51. The molecular formula is C24H15F2N3O3S3. The molecule has 11 heteroatoms. The van der Waals surface area contributed by atoms with Crippen LogP contribution in [0.15, 0.2) is 81.7 Å². The molecule has 2 aromatic heterocycles. The second-order valence-electron chi connectivity index (χ2n) is 7.43. The Morgan fingerprint density at radius 2 is 1.83 bits per heavy atom. The SMILES string of the molecule is O=C(C1=C(O)C(=O)N(c2nnc(SCc3ccccc3F)s2)C1c1ccc(F)cc1)c1cccs1. The number of ketones is 1. The molecule has 1 aliphatic heterocycles. The summed E-state index contributed by atoms with van der Waals surface area (Å²) in [6.07, 6.45) is 0. The fourth-order valence-electron chi connectivity index (χ4n) is 3.65. The molecule has 2 aromatic carbocycles. The molecule has 5 rings (SSSR count). The van der Waals surface area contributed by atoms with Gasteiger partial charge in [-0.15, -0.1) is 21.5 Å². The molecule has 176 valence electrons. The van der Waals surface area contributed by atoms with Crippen LogP contribution in [0.25, 0.3) is 0 Å². The quantitative estimate of drug-likeness (QED) is 0.182. The van der Waals surface area contributed by atoms with Crippen LogP contribution in [0.4, 0.5) is 13.9 Å². The highest BCUT2D eigenvalue weighted by molar-refractivity contribution is 8.00. The van der Waals surface area contributed by atoms with Gasteiger partial charge in [-0.1, -0.05) is 59.5 Å². The zero-order valence-corrected chi connectivity index (χ0v) is 20.2. The molecule has 0 radical (unpaired) electrons. The van der Waals surface area contributed by atoms with Gasteiger partial charge in [-0.25, -0.2) is 8.78 Å². The number of hydrogen-bond donors (Lipinski definition) is 1. The summed E-state index contributed by atoms with van der Waals surface area (Å²) in [5.41, 5.74) is 0.818. The Morgan fingerprint density at radius 3 is 2.54 bits per heavy atom. The molecular weight excluding hydrogens is 512 g/mol. The van der Waals surface area contributed by atoms with Crippen LogP contribution in [0.5, 0.6) is 0 Å². The van der Waals surface area contributed by atoms with Crippen LogP contribution in [0, 0.1) is 11.6 Å². The molecule has 1 aliphatic rings. The molecule has 35 heavy (non-hydrogen) atoms. The topological polar surface area (TPSA) is 83.4 Å². The van der Waals surface area contributed by atoms with Crippen molar-refractivity contribution in [1.29, 1.82) is 0 Å². The van der Waals surface area contributed by atoms with Crippen LogP contribution in [0.3, 0.4) is 0 Å². The van der Waals surface area contributed by atoms with Crippen LogP contribution in [-0.4, -0.2) is 27.0 Å². The van der Waals surface area contributed by atoms with Crippen molar-refractivity contribution in [3.8, 4) is 0 Å². The Kier molecular flexibility index (Phi) is 6.46. The number of halogens is 2. The molecule has 6 nitrogen and oxygen atoms in total. The maximum Gasteiger partial charge on any atom is 0.296 e. The lowest BCUT2D eigenvalue weighted by Gasteiger charge is -2.23. The zero-order chi connectivity index (χ0) is 24.5. The van der Waals surface area contributed by atoms with Crippen molar-refractivity contribution in [2.45, 2.75) is 16.1 Å². The maximum atomic E-state index is 14.0. The Labute approximate surface area is 210 Å². The number of benzene rings is 2. The number of Topliss-reactive ketones (excluding diaryl/α,β-unsaturated/α-hetero) is 1. The minimum absolute atomic E-state index is 0.111. The Bertz CT molecular complexity index is 1440. The Hall–Kier alpha value is -3.41. The van der Waals surface area contributed by atoms with Gasteiger partial charge in [0.2, 0.25) is 10.9 Å². The van der Waals surface area contributed by atoms with Crippen molar-refractivity contribution in [2.75, 3.05) is 4.90 Å². The summed E-state index contributed by atoms with van der Waals surface area (Å²) in [7, 11) is 0. The number of aromatic nitrogens is 2. The third-order valence-corrected chi connectivity index (χ3v) is 8.27. The summed E-state index contributed by atoms with van der Waals surface area (Å²) in [6, 6.07) is 14.0. The lowest BCUT2D eigenvalue weighted by atomic mass is 9.95. The summed E-state index contributed by atoms with van der Waals surface area (Å²) in [5, 5.41) is 20.8. The first kappa shape index (κ1) is 23.3. The summed E-state index contributed by atoms with van der Waals surface area (Å²) < 4.78 is 28.1. The van der Waals surface area contributed by atoms with Gasteiger partial charge in [-0.2, -0.15) is 0 Å². The van der Waals surface area contributed by atoms with E-state index in [-0.39, 0.29) is 16.5 Å². The van der Waals surface area contributed by atoms with Crippen LogP contribution in [0.2, 0.25) is 0 Å². The minimum atomic E-state index is -1.02. The molecule has 0 saturated carbocycles. The van der Waals surface area contributed by atoms with E-state index in [0.717, 1.165) is 11.3 Å². The highest BCUT2D eigenvalue weighted by Crippen LogP contribution is 2.44. The summed E-state index contributed by atoms with van der Waals surface area (Å²) in [6.45, 7) is 0. The number of aliphatic hydroxyl groups is 1. The average molecular weight is 528 g/mol. The van der Waals surface area contributed by atoms with Crippen LogP contribution >= 0.6 is 34.4 Å². The van der Waals surface area contributed by atoms with Gasteiger partial charge in [0.25, 0.3) is 5.91 Å². The van der Waals surface area contributed by atoms with Crippen molar-refractivity contribution in [2.24, 2.45) is 0 Å². The Morgan fingerprint density at radius 1 is 1.06 bits per heavy atom. The lowest BCUT2D eigenvalue weighted by Crippen LogP contribution is -2.31. The zero-order valence-electron chi connectivity index (χ0n) is 17.7. The summed E-state index contributed by atoms with van der Waals surface area (Å²) in [5.74, 6) is -2.49. The third-order valence-electron chi connectivity index (χ3n) is 5.29. The lowest BCUT2D eigenvalue weighted by molar-refractivity contribution is -0.117. The molecule has 3 heterocycles. The fraction of sp³-hybridized carbons (Fsp3) is 0.0833. The van der Waals surface area contributed by atoms with Gasteiger partial charge in [0.1, 0.15) is 11.6 Å². The molecule has 0 bridgehead atoms. The predicted molar refractivity (Wildman–Crippen MR) is 131 cm³/mol. The highest BCUT2D eigenvalue weighted by Gasteiger charge is 2.46. The van der Waals surface area contributed by atoms with Crippen molar-refractivity contribution in [3.63, 3.8) is 0 Å². The maximum absolute atomic E-state index is 14.0. The highest BCUT2D eigenvalue weighted by atomic mass is 32.2. The van der Waals surface area contributed by atoms with Gasteiger partial charge >= 0.3 is 0 Å². The molecule has 1 amide bonds. The molecule has 1 unspecified atom stereocenters. The normalized spacial score (nSPS) is 15.8. The van der Waals surface area contributed by atoms with E-state index in [4.69, 9.17) is 0 Å². The van der Waals surface area contributed by atoms with Gasteiger partial charge < -0.3 is 5.11 Å². The molecule has 0 aliphatic carbocycles. The van der Waals surface area contributed by atoms with Crippen molar-refractivity contribution >= 4 is 51.3 Å². The van der Waals surface area contributed by atoms with E-state index in [9.17, 15) is 23.5 Å². The molecule has 4 aromatic rings. The second-order valence-corrected chi connectivity index (χ2v) is 10.6. The average Bonchev–Trinajstić information content (AvgIpc) is 3.60. The standard InChI is InChI=1S/C24H15F2N3O3S3/c25-15-9-7-13(8-10-15)19-18(20(30)17-6-3-11-33-17)21(31)22(32)29(19)23-27-28-24(35-23)34-12-14-4-1-2-5-16(14)26/h1-11,19,31H,12H2. The number of hydrogen-bond acceptors (Lipinski definition) is 8. The number of anilines is 1. The van der Waals surface area contributed by atoms with Crippen LogP contribution < -0.4 is 4.90 Å². The smallest absolute Gasteiger partial charge is 0.296 e. The van der Waals surface area contributed by atoms with E-state index in [0.29, 0.717) is 26.1 Å². The number of amides is 1. The molecule has 0 saturated heterocycles. The number of rotatable bonds is 7. The molecule has 1 N–H and O–H groups in total.